The van der Waals surface area contributed by atoms with E-state index in [9.17, 15) is 14.4 Å². The fraction of sp³-hybridized carbons (Fsp3) is 0.588. The molecule has 6 heteroatoms. The Morgan fingerprint density at radius 1 is 1.35 bits per heavy atom. The molecule has 6 nitrogen and oxygen atoms in total. The van der Waals surface area contributed by atoms with Crippen molar-refractivity contribution in [2.75, 3.05) is 6.54 Å². The van der Waals surface area contributed by atoms with E-state index in [-0.39, 0.29) is 36.7 Å². The number of rotatable bonds is 4. The van der Waals surface area contributed by atoms with E-state index in [1.165, 1.54) is 0 Å². The molecule has 2 fully saturated rings. The minimum absolute atomic E-state index is 0.164. The Labute approximate surface area is 135 Å². The van der Waals surface area contributed by atoms with Crippen LogP contribution >= 0.6 is 0 Å². The van der Waals surface area contributed by atoms with Crippen molar-refractivity contribution in [1.82, 2.24) is 10.2 Å². The quantitative estimate of drug-likeness (QED) is 0.863. The Kier molecular flexibility index (Phi) is 4.24. The second-order valence-corrected chi connectivity index (χ2v) is 6.61. The highest BCUT2D eigenvalue weighted by Crippen LogP contribution is 2.45. The van der Waals surface area contributed by atoms with Gasteiger partial charge < -0.3 is 9.73 Å². The van der Waals surface area contributed by atoms with Gasteiger partial charge in [0.05, 0.1) is 17.7 Å². The van der Waals surface area contributed by atoms with Crippen molar-refractivity contribution in [2.45, 2.75) is 51.5 Å². The zero-order chi connectivity index (χ0) is 16.4. The van der Waals surface area contributed by atoms with Crippen LogP contribution in [0.1, 0.15) is 57.3 Å². The molecule has 0 aromatic carbocycles. The third-order valence-corrected chi connectivity index (χ3v) is 4.95. The first kappa shape index (κ1) is 15.8. The number of nitrogens with zero attached hydrogens (tertiary/aromatic N) is 1. The average molecular weight is 318 g/mol. The molecule has 3 amide bonds. The Bertz CT molecular complexity index is 602. The molecule has 3 rings (SSSR count). The molecule has 1 spiro atoms. The molecule has 1 aliphatic heterocycles. The first-order valence-electron chi connectivity index (χ1n) is 8.19. The lowest BCUT2D eigenvalue weighted by atomic mass is 9.73. The van der Waals surface area contributed by atoms with E-state index in [0.29, 0.717) is 5.76 Å². The molecule has 0 bridgehead atoms. The average Bonchev–Trinajstić information content (AvgIpc) is 3.13. The Morgan fingerprint density at radius 3 is 2.74 bits per heavy atom. The van der Waals surface area contributed by atoms with Gasteiger partial charge in [0.1, 0.15) is 12.3 Å². The summed E-state index contributed by atoms with van der Waals surface area (Å²) in [5.74, 6) is -0.0923. The molecule has 1 N–H and O–H groups in total. The molecular weight excluding hydrogens is 296 g/mol. The second-order valence-electron chi connectivity index (χ2n) is 6.61. The summed E-state index contributed by atoms with van der Waals surface area (Å²) in [7, 11) is 0. The fourth-order valence-electron chi connectivity index (χ4n) is 3.68. The Hall–Kier alpha value is -2.11. The van der Waals surface area contributed by atoms with Crippen molar-refractivity contribution < 1.29 is 18.8 Å². The third-order valence-electron chi connectivity index (χ3n) is 4.95. The molecule has 1 atom stereocenters. The molecule has 1 aliphatic carbocycles. The van der Waals surface area contributed by atoms with Gasteiger partial charge in [0.25, 0.3) is 0 Å². The van der Waals surface area contributed by atoms with Gasteiger partial charge in [-0.25, -0.2) is 0 Å². The first-order valence-corrected chi connectivity index (χ1v) is 8.19. The fourth-order valence-corrected chi connectivity index (χ4v) is 3.68. The Balaban J connectivity index is 1.62. The van der Waals surface area contributed by atoms with Crippen LogP contribution in [0.25, 0.3) is 0 Å². The smallest absolute Gasteiger partial charge is 0.240 e. The summed E-state index contributed by atoms with van der Waals surface area (Å²) in [5, 5.41) is 2.76. The minimum atomic E-state index is -0.539. The summed E-state index contributed by atoms with van der Waals surface area (Å²) in [6.07, 6.45) is 6.40. The number of hydrogen-bond donors (Lipinski definition) is 1. The molecule has 0 radical (unpaired) electrons. The van der Waals surface area contributed by atoms with Crippen LogP contribution in [0.15, 0.2) is 22.8 Å². The first-order chi connectivity index (χ1) is 11.0. The van der Waals surface area contributed by atoms with Gasteiger partial charge in [-0.1, -0.05) is 19.3 Å². The summed E-state index contributed by atoms with van der Waals surface area (Å²) >= 11 is 0. The van der Waals surface area contributed by atoms with Gasteiger partial charge >= 0.3 is 0 Å². The third kappa shape index (κ3) is 3.02. The molecule has 2 heterocycles. The van der Waals surface area contributed by atoms with E-state index in [4.69, 9.17) is 4.42 Å². The van der Waals surface area contributed by atoms with Crippen LogP contribution < -0.4 is 5.32 Å². The zero-order valence-corrected chi connectivity index (χ0v) is 13.3. The minimum Gasteiger partial charge on any atom is -0.467 e. The molecule has 1 aromatic heterocycles. The van der Waals surface area contributed by atoms with Gasteiger partial charge in [-0.15, -0.1) is 0 Å². The van der Waals surface area contributed by atoms with Gasteiger partial charge in [-0.2, -0.15) is 0 Å². The van der Waals surface area contributed by atoms with E-state index >= 15 is 0 Å². The normalized spacial score (nSPS) is 21.7. The monoisotopic (exact) mass is 318 g/mol. The second kappa shape index (κ2) is 6.18. The van der Waals surface area contributed by atoms with Crippen LogP contribution in [0.4, 0.5) is 0 Å². The molecule has 1 aromatic rings. The lowest BCUT2D eigenvalue weighted by Gasteiger charge is -2.30. The van der Waals surface area contributed by atoms with E-state index in [0.717, 1.165) is 37.0 Å². The maximum Gasteiger partial charge on any atom is 0.240 e. The number of amides is 3. The standard InChI is InChI=1S/C17H22N2O4/c1-12(13-6-5-9-23-13)18-14(20)11-19-15(21)10-17(16(19)22)7-3-2-4-8-17/h5-6,9,12H,2-4,7-8,10-11H2,1H3,(H,18,20)/t12-/m1/s1. The highest BCUT2D eigenvalue weighted by molar-refractivity contribution is 6.08. The van der Waals surface area contributed by atoms with Crippen molar-refractivity contribution in [3.05, 3.63) is 24.2 Å². The van der Waals surface area contributed by atoms with Gasteiger partial charge in [0, 0.05) is 6.42 Å². The predicted molar refractivity (Wildman–Crippen MR) is 82.1 cm³/mol. The lowest BCUT2D eigenvalue weighted by Crippen LogP contribution is -2.43. The number of nitrogens with one attached hydrogen (secondary N) is 1. The highest BCUT2D eigenvalue weighted by Gasteiger charge is 2.51. The van der Waals surface area contributed by atoms with Crippen LogP contribution in [-0.2, 0) is 14.4 Å². The van der Waals surface area contributed by atoms with Crippen molar-refractivity contribution in [2.24, 2.45) is 5.41 Å². The maximum atomic E-state index is 12.6. The van der Waals surface area contributed by atoms with Crippen molar-refractivity contribution in [3.63, 3.8) is 0 Å². The number of likely N-dealkylation sites (tertiary alicyclic amines) is 1. The van der Waals surface area contributed by atoms with Crippen LogP contribution in [-0.4, -0.2) is 29.2 Å². The van der Waals surface area contributed by atoms with E-state index in [2.05, 4.69) is 5.32 Å². The van der Waals surface area contributed by atoms with Gasteiger partial charge in [-0.05, 0) is 31.9 Å². The van der Waals surface area contributed by atoms with Gasteiger partial charge in [0.15, 0.2) is 0 Å². The van der Waals surface area contributed by atoms with Crippen LogP contribution in [0.5, 0.6) is 0 Å². The van der Waals surface area contributed by atoms with E-state index in [1.807, 2.05) is 0 Å². The molecule has 1 saturated heterocycles. The van der Waals surface area contributed by atoms with Gasteiger partial charge in [-0.3, -0.25) is 19.3 Å². The summed E-state index contributed by atoms with van der Waals surface area (Å²) in [6.45, 7) is 1.59. The summed E-state index contributed by atoms with van der Waals surface area (Å²) in [4.78, 5) is 38.2. The van der Waals surface area contributed by atoms with Crippen LogP contribution in [0.3, 0.4) is 0 Å². The van der Waals surface area contributed by atoms with E-state index in [1.54, 1.807) is 25.3 Å². The van der Waals surface area contributed by atoms with E-state index < -0.39 is 5.41 Å². The molecule has 2 aliphatic rings. The topological polar surface area (TPSA) is 79.6 Å². The molecular formula is C17H22N2O4. The molecule has 124 valence electrons. The lowest BCUT2D eigenvalue weighted by molar-refractivity contribution is -0.145. The van der Waals surface area contributed by atoms with Crippen LogP contribution in [0.2, 0.25) is 0 Å². The number of hydrogen-bond acceptors (Lipinski definition) is 4. The van der Waals surface area contributed by atoms with Crippen LogP contribution in [0, 0.1) is 5.41 Å². The summed E-state index contributed by atoms with van der Waals surface area (Å²) in [5.41, 5.74) is -0.539. The van der Waals surface area contributed by atoms with Gasteiger partial charge in [0.2, 0.25) is 17.7 Å². The SMILES string of the molecule is C[C@@H](NC(=O)CN1C(=O)CC2(CCCCC2)C1=O)c1ccco1. The van der Waals surface area contributed by atoms with Crippen molar-refractivity contribution >= 4 is 17.7 Å². The molecule has 1 saturated carbocycles. The maximum absolute atomic E-state index is 12.6. The summed E-state index contributed by atoms with van der Waals surface area (Å²) < 4.78 is 5.24. The van der Waals surface area contributed by atoms with Crippen molar-refractivity contribution in [3.8, 4) is 0 Å². The highest BCUT2D eigenvalue weighted by atomic mass is 16.3. The zero-order valence-electron chi connectivity index (χ0n) is 13.3. The number of carbonyl (C=O) groups is 3. The molecule has 0 unspecified atom stereocenters. The van der Waals surface area contributed by atoms with Crippen molar-refractivity contribution in [1.29, 1.82) is 0 Å². The number of furan rings is 1. The Morgan fingerprint density at radius 2 is 2.09 bits per heavy atom. The predicted octanol–water partition coefficient (Wildman–Crippen LogP) is 2.17. The number of imide groups is 1. The molecule has 23 heavy (non-hydrogen) atoms. The summed E-state index contributed by atoms with van der Waals surface area (Å²) in [6, 6.07) is 3.22. The largest absolute Gasteiger partial charge is 0.467 e. The number of carbonyl (C=O) groups excluding carboxylic acids is 3.